The fraction of sp³-hybridized carbons (Fsp3) is 0.545. The summed E-state index contributed by atoms with van der Waals surface area (Å²) in [6, 6.07) is 11.9. The van der Waals surface area contributed by atoms with E-state index in [0.717, 1.165) is 17.3 Å². The van der Waals surface area contributed by atoms with Crippen LogP contribution in [0.3, 0.4) is 0 Å². The molecule has 2 aromatic rings. The van der Waals surface area contributed by atoms with Crippen molar-refractivity contribution >= 4 is 34.0 Å². The van der Waals surface area contributed by atoms with Gasteiger partial charge in [0.2, 0.25) is 5.91 Å². The van der Waals surface area contributed by atoms with Crippen LogP contribution in [0.4, 0.5) is 0 Å². The van der Waals surface area contributed by atoms with Crippen molar-refractivity contribution in [3.63, 3.8) is 0 Å². The summed E-state index contributed by atoms with van der Waals surface area (Å²) in [5.41, 5.74) is 3.56. The first-order valence-electron chi connectivity index (χ1n) is 15.0. The monoisotopic (exact) mass is 614 g/mol. The maximum atomic E-state index is 12.6. The van der Waals surface area contributed by atoms with Gasteiger partial charge in [0.1, 0.15) is 11.5 Å². The predicted octanol–water partition coefficient (Wildman–Crippen LogP) is 9.39. The molecule has 40 heavy (non-hydrogen) atoms. The molecule has 1 amide bonds. The summed E-state index contributed by atoms with van der Waals surface area (Å²) in [7, 11) is 1.57. The molecular formula is C33H47BrN2O4. The molecule has 0 saturated carbocycles. The van der Waals surface area contributed by atoms with Gasteiger partial charge in [-0.3, -0.25) is 4.79 Å². The number of carbonyl (C=O) groups is 2. The van der Waals surface area contributed by atoms with E-state index in [-0.39, 0.29) is 5.91 Å². The topological polar surface area (TPSA) is 77.0 Å². The minimum Gasteiger partial charge on any atom is -0.497 e. The first-order valence-corrected chi connectivity index (χ1v) is 15.8. The van der Waals surface area contributed by atoms with Crippen molar-refractivity contribution < 1.29 is 19.1 Å². The Hall–Kier alpha value is -2.67. The molecule has 0 bridgehead atoms. The van der Waals surface area contributed by atoms with Crippen LogP contribution in [0.2, 0.25) is 0 Å². The molecule has 0 aromatic heterocycles. The van der Waals surface area contributed by atoms with E-state index in [9.17, 15) is 9.59 Å². The lowest BCUT2D eigenvalue weighted by Gasteiger charge is -2.08. The molecule has 0 fully saturated rings. The molecule has 0 heterocycles. The average Bonchev–Trinajstić information content (AvgIpc) is 2.96. The molecule has 220 valence electrons. The van der Waals surface area contributed by atoms with Crippen molar-refractivity contribution in [2.75, 3.05) is 7.11 Å². The Labute approximate surface area is 249 Å². The Morgan fingerprint density at radius 2 is 1.35 bits per heavy atom. The molecule has 0 radical (unpaired) electrons. The molecule has 1 N–H and O–H groups in total. The maximum absolute atomic E-state index is 12.6. The van der Waals surface area contributed by atoms with E-state index in [1.807, 2.05) is 0 Å². The lowest BCUT2D eigenvalue weighted by atomic mass is 10.0. The third-order valence-corrected chi connectivity index (χ3v) is 7.39. The highest BCUT2D eigenvalue weighted by atomic mass is 79.9. The van der Waals surface area contributed by atoms with E-state index >= 15 is 0 Å². The van der Waals surface area contributed by atoms with Crippen molar-refractivity contribution in [3.8, 4) is 11.5 Å². The molecule has 0 unspecified atom stereocenters. The Kier molecular flexibility index (Phi) is 17.7. The van der Waals surface area contributed by atoms with Crippen molar-refractivity contribution in [2.45, 2.75) is 110 Å². The molecular weight excluding hydrogens is 568 g/mol. The lowest BCUT2D eigenvalue weighted by molar-refractivity contribution is -0.121. The summed E-state index contributed by atoms with van der Waals surface area (Å²) in [6.45, 7) is 2.27. The number of hydrogen-bond acceptors (Lipinski definition) is 5. The van der Waals surface area contributed by atoms with Crippen LogP contribution in [-0.4, -0.2) is 25.2 Å². The van der Waals surface area contributed by atoms with Gasteiger partial charge in [-0.1, -0.05) is 113 Å². The number of unbranched alkanes of at least 4 members (excludes halogenated alkanes) is 14. The maximum Gasteiger partial charge on any atom is 0.343 e. The van der Waals surface area contributed by atoms with Crippen molar-refractivity contribution in [1.29, 1.82) is 0 Å². The Bertz CT molecular complexity index is 1020. The van der Waals surface area contributed by atoms with Gasteiger partial charge in [0.25, 0.3) is 0 Å². The first-order chi connectivity index (χ1) is 19.5. The van der Waals surface area contributed by atoms with Crippen molar-refractivity contribution in [1.82, 2.24) is 5.43 Å². The van der Waals surface area contributed by atoms with Crippen LogP contribution in [0.25, 0.3) is 0 Å². The molecule has 0 saturated heterocycles. The number of benzene rings is 2. The zero-order valence-electron chi connectivity index (χ0n) is 24.4. The van der Waals surface area contributed by atoms with Gasteiger partial charge in [-0.05, 0) is 48.9 Å². The molecule has 2 aromatic carbocycles. The van der Waals surface area contributed by atoms with Crippen LogP contribution in [0.1, 0.15) is 126 Å². The van der Waals surface area contributed by atoms with Gasteiger partial charge in [0.05, 0.1) is 18.9 Å². The molecule has 0 aliphatic heterocycles. The second kappa shape index (κ2) is 21.1. The molecule has 0 aliphatic carbocycles. The second-order valence-corrected chi connectivity index (χ2v) is 11.2. The SMILES string of the molecule is CCCCCCCCCCCCCCCCCC(=O)N/N=C/c1cc(Br)ccc1OC(=O)c1ccc(OC)cc1. The minimum atomic E-state index is -0.489. The lowest BCUT2D eigenvalue weighted by Crippen LogP contribution is -2.17. The summed E-state index contributed by atoms with van der Waals surface area (Å²) >= 11 is 3.43. The van der Waals surface area contributed by atoms with E-state index in [1.54, 1.807) is 49.6 Å². The normalized spacial score (nSPS) is 11.1. The first kappa shape index (κ1) is 33.5. The number of hydrazone groups is 1. The van der Waals surface area contributed by atoms with Gasteiger partial charge in [-0.2, -0.15) is 5.10 Å². The van der Waals surface area contributed by atoms with Crippen LogP contribution in [-0.2, 0) is 4.79 Å². The van der Waals surface area contributed by atoms with Gasteiger partial charge >= 0.3 is 5.97 Å². The highest BCUT2D eigenvalue weighted by molar-refractivity contribution is 9.10. The highest BCUT2D eigenvalue weighted by Gasteiger charge is 2.12. The summed E-state index contributed by atoms with van der Waals surface area (Å²) in [5.74, 6) is 0.409. The molecule has 0 spiro atoms. The molecule has 2 rings (SSSR count). The highest BCUT2D eigenvalue weighted by Crippen LogP contribution is 2.23. The van der Waals surface area contributed by atoms with E-state index in [1.165, 1.54) is 89.7 Å². The average molecular weight is 616 g/mol. The van der Waals surface area contributed by atoms with E-state index in [0.29, 0.717) is 29.0 Å². The van der Waals surface area contributed by atoms with Crippen molar-refractivity contribution in [3.05, 3.63) is 58.1 Å². The van der Waals surface area contributed by atoms with Crippen LogP contribution < -0.4 is 14.9 Å². The third kappa shape index (κ3) is 14.6. The quantitative estimate of drug-likeness (QED) is 0.0499. The Morgan fingerprint density at radius 1 is 0.800 bits per heavy atom. The summed E-state index contributed by atoms with van der Waals surface area (Å²) < 4.78 is 11.5. The van der Waals surface area contributed by atoms with Gasteiger partial charge in [-0.15, -0.1) is 0 Å². The number of nitrogens with zero attached hydrogens (tertiary/aromatic N) is 1. The van der Waals surface area contributed by atoms with E-state index in [2.05, 4.69) is 33.4 Å². The zero-order valence-corrected chi connectivity index (χ0v) is 26.0. The number of rotatable bonds is 21. The van der Waals surface area contributed by atoms with Gasteiger partial charge in [-0.25, -0.2) is 10.2 Å². The summed E-state index contributed by atoms with van der Waals surface area (Å²) in [6.07, 6.45) is 21.4. The van der Waals surface area contributed by atoms with E-state index in [4.69, 9.17) is 9.47 Å². The van der Waals surface area contributed by atoms with E-state index < -0.39 is 5.97 Å². The van der Waals surface area contributed by atoms with Gasteiger partial charge in [0.15, 0.2) is 0 Å². The van der Waals surface area contributed by atoms with Crippen LogP contribution in [0.15, 0.2) is 52.0 Å². The number of carbonyl (C=O) groups excluding carboxylic acids is 2. The van der Waals surface area contributed by atoms with Crippen LogP contribution >= 0.6 is 15.9 Å². The minimum absolute atomic E-state index is 0.113. The summed E-state index contributed by atoms with van der Waals surface area (Å²) in [5, 5.41) is 4.08. The number of esters is 1. The molecule has 0 atom stereocenters. The standard InChI is InChI=1S/C33H47BrN2O4/c1-3-4-5-6-7-8-9-10-11-12-13-14-15-16-17-18-32(37)36-35-26-28-25-29(34)21-24-31(28)40-33(38)27-19-22-30(39-2)23-20-27/h19-26H,3-18H2,1-2H3,(H,36,37)/b35-26+. The molecule has 6 nitrogen and oxygen atoms in total. The number of amides is 1. The number of hydrogen-bond donors (Lipinski definition) is 1. The number of halogens is 1. The third-order valence-electron chi connectivity index (χ3n) is 6.90. The number of ether oxygens (including phenoxy) is 2. The number of methoxy groups -OCH3 is 1. The summed E-state index contributed by atoms with van der Waals surface area (Å²) in [4.78, 5) is 24.8. The Morgan fingerprint density at radius 3 is 1.90 bits per heavy atom. The van der Waals surface area contributed by atoms with Crippen molar-refractivity contribution in [2.24, 2.45) is 5.10 Å². The van der Waals surface area contributed by atoms with Gasteiger partial charge in [0, 0.05) is 16.5 Å². The largest absolute Gasteiger partial charge is 0.497 e. The predicted molar refractivity (Wildman–Crippen MR) is 167 cm³/mol. The van der Waals surface area contributed by atoms with Gasteiger partial charge < -0.3 is 9.47 Å². The van der Waals surface area contributed by atoms with Crippen LogP contribution in [0, 0.1) is 0 Å². The van der Waals surface area contributed by atoms with Crippen LogP contribution in [0.5, 0.6) is 11.5 Å². The smallest absolute Gasteiger partial charge is 0.343 e. The Balaban J connectivity index is 1.59. The number of nitrogens with one attached hydrogen (secondary N) is 1. The fourth-order valence-corrected chi connectivity index (χ4v) is 4.86. The molecule has 7 heteroatoms. The zero-order chi connectivity index (χ0) is 28.8. The molecule has 0 aliphatic rings. The second-order valence-electron chi connectivity index (χ2n) is 10.3. The fourth-order valence-electron chi connectivity index (χ4n) is 4.49.